The lowest BCUT2D eigenvalue weighted by atomic mass is 9.96. The summed E-state index contributed by atoms with van der Waals surface area (Å²) >= 11 is 0.938. The van der Waals surface area contributed by atoms with E-state index < -0.39 is 11.9 Å². The summed E-state index contributed by atoms with van der Waals surface area (Å²) in [6, 6.07) is 9.54. The highest BCUT2D eigenvalue weighted by Gasteiger charge is 2.21. The van der Waals surface area contributed by atoms with Gasteiger partial charge in [-0.05, 0) is 17.7 Å². The Morgan fingerprint density at radius 1 is 1.16 bits per heavy atom. The van der Waals surface area contributed by atoms with E-state index in [1.165, 1.54) is 24.3 Å². The van der Waals surface area contributed by atoms with Gasteiger partial charge in [0, 0.05) is 5.56 Å². The summed E-state index contributed by atoms with van der Waals surface area (Å²) in [4.78, 5) is 26.0. The van der Waals surface area contributed by atoms with Crippen LogP contribution in [0, 0.1) is 22.7 Å². The van der Waals surface area contributed by atoms with Crippen molar-refractivity contribution in [3.63, 3.8) is 0 Å². The maximum Gasteiger partial charge on any atom is 0.335 e. The summed E-state index contributed by atoms with van der Waals surface area (Å²) in [7, 11) is 0. The molecule has 0 saturated heterocycles. The third-order valence-electron chi connectivity index (χ3n) is 3.19. The number of nitriles is 2. The number of benzene rings is 1. The molecule has 9 heteroatoms. The van der Waals surface area contributed by atoms with Gasteiger partial charge in [-0.1, -0.05) is 23.9 Å². The maximum absolute atomic E-state index is 11.0. The average molecular weight is 353 g/mol. The fourth-order valence-electron chi connectivity index (χ4n) is 2.11. The predicted octanol–water partition coefficient (Wildman–Crippen LogP) is 1.35. The number of anilines is 1. The molecule has 0 aliphatic heterocycles. The van der Waals surface area contributed by atoms with E-state index in [1.54, 1.807) is 0 Å². The first kappa shape index (κ1) is 17.8. The van der Waals surface area contributed by atoms with Crippen LogP contribution >= 0.6 is 11.8 Å². The molecule has 25 heavy (non-hydrogen) atoms. The van der Waals surface area contributed by atoms with Crippen LogP contribution in [0.4, 0.5) is 5.82 Å². The summed E-state index contributed by atoms with van der Waals surface area (Å²) in [5.74, 6) is -1.89. The number of carboxylic acid groups (broad SMARTS) is 1. The molecule has 0 aliphatic carbocycles. The molecule has 0 fully saturated rings. The summed E-state index contributed by atoms with van der Waals surface area (Å²) in [6.45, 7) is 0. The molecule has 0 atom stereocenters. The molecule has 1 aromatic heterocycles. The van der Waals surface area contributed by atoms with Crippen LogP contribution in [0.2, 0.25) is 0 Å². The smallest absolute Gasteiger partial charge is 0.335 e. The zero-order valence-electron chi connectivity index (χ0n) is 12.7. The highest BCUT2D eigenvalue weighted by molar-refractivity contribution is 8.00. The molecule has 0 aliphatic rings. The van der Waals surface area contributed by atoms with E-state index in [1.807, 2.05) is 12.1 Å². The molecule has 124 valence electrons. The minimum Gasteiger partial charge on any atom is -0.478 e. The second kappa shape index (κ2) is 7.34. The fraction of sp³-hybridized carbons (Fsp3) is 0.0625. The molecule has 0 unspecified atom stereocenters. The van der Waals surface area contributed by atoms with E-state index in [0.29, 0.717) is 5.56 Å². The molecule has 2 rings (SSSR count). The van der Waals surface area contributed by atoms with Gasteiger partial charge in [-0.15, -0.1) is 0 Å². The number of nitrogen functional groups attached to an aromatic ring is 1. The molecule has 1 aromatic carbocycles. The second-order valence-corrected chi connectivity index (χ2v) is 5.75. The van der Waals surface area contributed by atoms with Crippen LogP contribution in [0.3, 0.4) is 0 Å². The molecule has 0 spiro atoms. The number of hydrogen-bond acceptors (Lipinski definition) is 7. The number of nitrogens with two attached hydrogens (primary N) is 2. The zero-order chi connectivity index (χ0) is 18.6. The number of carbonyl (C=O) groups is 2. The van der Waals surface area contributed by atoms with Crippen molar-refractivity contribution < 1.29 is 14.7 Å². The minimum atomic E-state index is -1.10. The van der Waals surface area contributed by atoms with Crippen LogP contribution in [-0.4, -0.2) is 27.7 Å². The van der Waals surface area contributed by atoms with Crippen molar-refractivity contribution in [2.24, 2.45) is 5.73 Å². The van der Waals surface area contributed by atoms with Crippen molar-refractivity contribution in [1.82, 2.24) is 4.98 Å². The highest BCUT2D eigenvalue weighted by Crippen LogP contribution is 2.35. The Hall–Kier alpha value is -3.56. The predicted molar refractivity (Wildman–Crippen MR) is 90.4 cm³/mol. The number of primary amides is 1. The Labute approximate surface area is 146 Å². The quantitative estimate of drug-likeness (QED) is 0.677. The minimum absolute atomic E-state index is 0.00282. The number of aromatic nitrogens is 1. The lowest BCUT2D eigenvalue weighted by Crippen LogP contribution is -2.14. The van der Waals surface area contributed by atoms with E-state index in [2.05, 4.69) is 4.98 Å². The summed E-state index contributed by atoms with van der Waals surface area (Å²) in [5.41, 5.74) is 11.7. The first-order chi connectivity index (χ1) is 11.9. The topological polar surface area (TPSA) is 167 Å². The maximum atomic E-state index is 11.0. The number of rotatable bonds is 5. The van der Waals surface area contributed by atoms with Gasteiger partial charge in [-0.2, -0.15) is 10.5 Å². The number of hydrogen-bond donors (Lipinski definition) is 3. The first-order valence-corrected chi connectivity index (χ1v) is 7.76. The van der Waals surface area contributed by atoms with Gasteiger partial charge in [-0.25, -0.2) is 9.78 Å². The van der Waals surface area contributed by atoms with Gasteiger partial charge >= 0.3 is 5.97 Å². The van der Waals surface area contributed by atoms with Gasteiger partial charge in [0.25, 0.3) is 0 Å². The van der Waals surface area contributed by atoms with Gasteiger partial charge in [0.1, 0.15) is 28.5 Å². The molecular formula is C16H11N5O3S. The van der Waals surface area contributed by atoms with Crippen LogP contribution in [0.1, 0.15) is 21.5 Å². The molecule has 1 heterocycles. The van der Waals surface area contributed by atoms with Crippen LogP contribution < -0.4 is 11.5 Å². The molecular weight excluding hydrogens is 342 g/mol. The third-order valence-corrected chi connectivity index (χ3v) is 4.18. The molecule has 0 bridgehead atoms. The molecule has 1 amide bonds. The van der Waals surface area contributed by atoms with E-state index >= 15 is 0 Å². The van der Waals surface area contributed by atoms with Gasteiger partial charge < -0.3 is 16.6 Å². The van der Waals surface area contributed by atoms with Crippen LogP contribution in [0.25, 0.3) is 11.1 Å². The second-order valence-electron chi connectivity index (χ2n) is 4.79. The number of amides is 1. The van der Waals surface area contributed by atoms with Crippen molar-refractivity contribution in [1.29, 1.82) is 10.5 Å². The van der Waals surface area contributed by atoms with Gasteiger partial charge in [0.15, 0.2) is 0 Å². The zero-order valence-corrected chi connectivity index (χ0v) is 13.5. The third kappa shape index (κ3) is 3.68. The van der Waals surface area contributed by atoms with E-state index in [4.69, 9.17) is 16.6 Å². The number of carbonyl (C=O) groups excluding carboxylic acids is 1. The SMILES string of the molecule is N#Cc1c(N)nc(SCC(N)=O)c(C#N)c1-c1ccc(C(=O)O)cc1. The fourth-order valence-corrected chi connectivity index (χ4v) is 2.84. The van der Waals surface area contributed by atoms with Crippen molar-refractivity contribution in [3.8, 4) is 23.3 Å². The van der Waals surface area contributed by atoms with Gasteiger partial charge in [0.2, 0.25) is 5.91 Å². The molecule has 0 saturated carbocycles. The largest absolute Gasteiger partial charge is 0.478 e. The Balaban J connectivity index is 2.69. The normalized spacial score (nSPS) is 9.84. The Bertz CT molecular complexity index is 942. The van der Waals surface area contributed by atoms with Gasteiger partial charge in [-0.3, -0.25) is 4.79 Å². The highest BCUT2D eigenvalue weighted by atomic mass is 32.2. The van der Waals surface area contributed by atoms with Crippen molar-refractivity contribution in [3.05, 3.63) is 41.0 Å². The van der Waals surface area contributed by atoms with Crippen LogP contribution in [0.5, 0.6) is 0 Å². The molecule has 2 aromatic rings. The van der Waals surface area contributed by atoms with Crippen molar-refractivity contribution >= 4 is 29.5 Å². The Morgan fingerprint density at radius 2 is 1.76 bits per heavy atom. The number of carboxylic acids is 1. The molecule has 5 N–H and O–H groups in total. The summed E-state index contributed by atoms with van der Waals surface area (Å²) in [6.07, 6.45) is 0. The number of thioether (sulfide) groups is 1. The summed E-state index contributed by atoms with van der Waals surface area (Å²) in [5, 5.41) is 28.0. The lowest BCUT2D eigenvalue weighted by molar-refractivity contribution is -0.115. The van der Waals surface area contributed by atoms with E-state index in [9.17, 15) is 20.1 Å². The van der Waals surface area contributed by atoms with Crippen LogP contribution in [-0.2, 0) is 4.79 Å². The van der Waals surface area contributed by atoms with E-state index in [-0.39, 0.29) is 38.9 Å². The number of nitrogens with zero attached hydrogens (tertiary/aromatic N) is 3. The lowest BCUT2D eigenvalue weighted by Gasteiger charge is -2.12. The number of aromatic carboxylic acids is 1. The van der Waals surface area contributed by atoms with Crippen LogP contribution in [0.15, 0.2) is 29.3 Å². The number of pyridine rings is 1. The van der Waals surface area contributed by atoms with Crippen molar-refractivity contribution in [2.45, 2.75) is 5.03 Å². The van der Waals surface area contributed by atoms with Crippen molar-refractivity contribution in [2.75, 3.05) is 11.5 Å². The molecule has 0 radical (unpaired) electrons. The van der Waals surface area contributed by atoms with Gasteiger partial charge in [0.05, 0.1) is 16.9 Å². The molecule has 8 nitrogen and oxygen atoms in total. The van der Waals surface area contributed by atoms with E-state index in [0.717, 1.165) is 11.8 Å². The Kier molecular flexibility index (Phi) is 5.22. The summed E-state index contributed by atoms with van der Waals surface area (Å²) < 4.78 is 0. The average Bonchev–Trinajstić information content (AvgIpc) is 2.59. The monoisotopic (exact) mass is 353 g/mol. The first-order valence-electron chi connectivity index (χ1n) is 6.77. The Morgan fingerprint density at radius 3 is 2.24 bits per heavy atom. The standard InChI is InChI=1S/C16H11N5O3S/c17-5-10-13(8-1-3-9(4-2-8)16(23)24)11(6-18)15(21-14(10)20)25-7-12(19)22/h1-4H,7H2,(H2,19,22)(H2,20,21)(H,23,24).